The van der Waals surface area contributed by atoms with Crippen molar-refractivity contribution in [2.24, 2.45) is 0 Å². The highest BCUT2D eigenvalue weighted by Crippen LogP contribution is 2.37. The number of benzene rings is 2. The monoisotopic (exact) mass is 302 g/mol. The molecule has 3 nitrogen and oxygen atoms in total. The summed E-state index contributed by atoms with van der Waals surface area (Å²) in [4.78, 5) is 14.2. The van der Waals surface area contributed by atoms with E-state index in [2.05, 4.69) is 5.32 Å². The SMILES string of the molecule is CCCN1C(=O)C(c2ccccc2)Nc2cc(F)c(F)cc21. The molecule has 0 bridgehead atoms. The lowest BCUT2D eigenvalue weighted by Gasteiger charge is -2.35. The van der Waals surface area contributed by atoms with E-state index < -0.39 is 17.7 Å². The van der Waals surface area contributed by atoms with E-state index in [1.165, 1.54) is 4.90 Å². The van der Waals surface area contributed by atoms with Crippen LogP contribution in [0.3, 0.4) is 0 Å². The maximum absolute atomic E-state index is 13.5. The number of nitrogens with zero attached hydrogens (tertiary/aromatic N) is 1. The minimum atomic E-state index is -0.951. The molecule has 0 saturated heterocycles. The van der Waals surface area contributed by atoms with Crippen LogP contribution >= 0.6 is 0 Å². The van der Waals surface area contributed by atoms with E-state index in [0.29, 0.717) is 17.9 Å². The highest BCUT2D eigenvalue weighted by molar-refractivity contribution is 6.05. The van der Waals surface area contributed by atoms with Gasteiger partial charge < -0.3 is 10.2 Å². The quantitative estimate of drug-likeness (QED) is 0.933. The zero-order chi connectivity index (χ0) is 15.7. The van der Waals surface area contributed by atoms with Crippen LogP contribution in [0.15, 0.2) is 42.5 Å². The van der Waals surface area contributed by atoms with Crippen LogP contribution in [0.25, 0.3) is 0 Å². The van der Waals surface area contributed by atoms with Crippen molar-refractivity contribution >= 4 is 17.3 Å². The van der Waals surface area contributed by atoms with Crippen LogP contribution in [-0.4, -0.2) is 12.5 Å². The van der Waals surface area contributed by atoms with Crippen molar-refractivity contribution in [1.29, 1.82) is 0 Å². The predicted molar refractivity (Wildman–Crippen MR) is 81.8 cm³/mol. The first-order valence-electron chi connectivity index (χ1n) is 7.23. The van der Waals surface area contributed by atoms with E-state index in [0.717, 1.165) is 24.1 Å². The molecule has 0 radical (unpaired) electrons. The van der Waals surface area contributed by atoms with Crippen molar-refractivity contribution in [2.45, 2.75) is 19.4 Å². The molecular formula is C17H16F2N2O. The Kier molecular flexibility index (Phi) is 3.79. The van der Waals surface area contributed by atoms with Gasteiger partial charge in [0.1, 0.15) is 6.04 Å². The maximum atomic E-state index is 13.5. The molecule has 1 heterocycles. The van der Waals surface area contributed by atoms with Crippen LogP contribution in [-0.2, 0) is 4.79 Å². The Morgan fingerprint density at radius 2 is 1.82 bits per heavy atom. The molecular weight excluding hydrogens is 286 g/mol. The van der Waals surface area contributed by atoms with Crippen LogP contribution in [0.5, 0.6) is 0 Å². The number of hydrogen-bond acceptors (Lipinski definition) is 2. The number of rotatable bonds is 3. The zero-order valence-corrected chi connectivity index (χ0v) is 12.1. The molecule has 0 aromatic heterocycles. The molecule has 2 aromatic carbocycles. The van der Waals surface area contributed by atoms with Gasteiger partial charge in [-0.2, -0.15) is 0 Å². The van der Waals surface area contributed by atoms with Crippen molar-refractivity contribution in [2.75, 3.05) is 16.8 Å². The molecule has 0 aliphatic carbocycles. The Morgan fingerprint density at radius 1 is 1.14 bits per heavy atom. The van der Waals surface area contributed by atoms with Gasteiger partial charge >= 0.3 is 0 Å². The second-order valence-corrected chi connectivity index (χ2v) is 5.26. The van der Waals surface area contributed by atoms with E-state index in [-0.39, 0.29) is 5.91 Å². The van der Waals surface area contributed by atoms with Crippen molar-refractivity contribution < 1.29 is 13.6 Å². The fourth-order valence-corrected chi connectivity index (χ4v) is 2.69. The normalized spacial score (nSPS) is 17.1. The van der Waals surface area contributed by atoms with E-state index >= 15 is 0 Å². The third-order valence-electron chi connectivity index (χ3n) is 3.72. The minimum Gasteiger partial charge on any atom is -0.368 e. The van der Waals surface area contributed by atoms with Gasteiger partial charge in [-0.1, -0.05) is 37.3 Å². The molecule has 1 amide bonds. The number of amides is 1. The van der Waals surface area contributed by atoms with Crippen molar-refractivity contribution in [3.8, 4) is 0 Å². The fourth-order valence-electron chi connectivity index (χ4n) is 2.69. The summed E-state index contributed by atoms with van der Waals surface area (Å²) in [6.45, 7) is 2.40. The average molecular weight is 302 g/mol. The number of carbonyl (C=O) groups excluding carboxylic acids is 1. The Hall–Kier alpha value is -2.43. The van der Waals surface area contributed by atoms with Gasteiger partial charge in [-0.05, 0) is 12.0 Å². The number of anilines is 2. The largest absolute Gasteiger partial charge is 0.368 e. The fraction of sp³-hybridized carbons (Fsp3) is 0.235. The topological polar surface area (TPSA) is 32.3 Å². The first-order valence-corrected chi connectivity index (χ1v) is 7.23. The molecule has 22 heavy (non-hydrogen) atoms. The van der Waals surface area contributed by atoms with Gasteiger partial charge in [-0.15, -0.1) is 0 Å². The predicted octanol–water partition coefficient (Wildman–Crippen LogP) is 3.87. The van der Waals surface area contributed by atoms with Crippen LogP contribution in [0.2, 0.25) is 0 Å². The number of hydrogen-bond donors (Lipinski definition) is 1. The maximum Gasteiger partial charge on any atom is 0.254 e. The van der Waals surface area contributed by atoms with Gasteiger partial charge in [-0.25, -0.2) is 8.78 Å². The average Bonchev–Trinajstić information content (AvgIpc) is 2.53. The first-order chi connectivity index (χ1) is 10.6. The molecule has 0 saturated carbocycles. The molecule has 0 spiro atoms. The molecule has 1 aliphatic heterocycles. The van der Waals surface area contributed by atoms with Gasteiger partial charge in [0.25, 0.3) is 5.91 Å². The molecule has 2 aromatic rings. The third-order valence-corrected chi connectivity index (χ3v) is 3.72. The standard InChI is InChI=1S/C17H16F2N2O/c1-2-8-21-15-10-13(19)12(18)9-14(15)20-16(17(21)22)11-6-4-3-5-7-11/h3-7,9-10,16,20H,2,8H2,1H3. The number of halogens is 2. The summed E-state index contributed by atoms with van der Waals surface area (Å²) < 4.78 is 27.1. The highest BCUT2D eigenvalue weighted by atomic mass is 19.2. The molecule has 1 aliphatic rings. The number of carbonyl (C=O) groups is 1. The van der Waals surface area contributed by atoms with Gasteiger partial charge in [-0.3, -0.25) is 4.79 Å². The summed E-state index contributed by atoms with van der Waals surface area (Å²) >= 11 is 0. The highest BCUT2D eigenvalue weighted by Gasteiger charge is 2.33. The summed E-state index contributed by atoms with van der Waals surface area (Å²) in [7, 11) is 0. The van der Waals surface area contributed by atoms with Gasteiger partial charge in [0, 0.05) is 18.7 Å². The van der Waals surface area contributed by atoms with Crippen LogP contribution in [0.1, 0.15) is 24.9 Å². The van der Waals surface area contributed by atoms with Crippen molar-refractivity contribution in [3.63, 3.8) is 0 Å². The Balaban J connectivity index is 2.08. The summed E-state index contributed by atoms with van der Waals surface area (Å²) in [6, 6.07) is 10.8. The smallest absolute Gasteiger partial charge is 0.254 e. The summed E-state index contributed by atoms with van der Waals surface area (Å²) in [5.74, 6) is -2.04. The Bertz CT molecular complexity index is 703. The van der Waals surface area contributed by atoms with E-state index in [1.807, 2.05) is 37.3 Å². The van der Waals surface area contributed by atoms with Gasteiger partial charge in [0.15, 0.2) is 11.6 Å². The van der Waals surface area contributed by atoms with Crippen LogP contribution < -0.4 is 10.2 Å². The number of fused-ring (bicyclic) bond motifs is 1. The van der Waals surface area contributed by atoms with E-state index in [9.17, 15) is 13.6 Å². The number of nitrogens with one attached hydrogen (secondary N) is 1. The molecule has 5 heteroatoms. The summed E-state index contributed by atoms with van der Waals surface area (Å²) in [5.41, 5.74) is 1.61. The molecule has 1 N–H and O–H groups in total. The minimum absolute atomic E-state index is 0.161. The van der Waals surface area contributed by atoms with Crippen molar-refractivity contribution in [1.82, 2.24) is 0 Å². The molecule has 114 valence electrons. The van der Waals surface area contributed by atoms with Crippen molar-refractivity contribution in [3.05, 3.63) is 59.7 Å². The second kappa shape index (κ2) is 5.75. The Labute approximate surface area is 127 Å². The zero-order valence-electron chi connectivity index (χ0n) is 12.1. The first kappa shape index (κ1) is 14.5. The summed E-state index contributed by atoms with van der Waals surface area (Å²) in [5, 5.41) is 3.02. The molecule has 1 unspecified atom stereocenters. The molecule has 1 atom stereocenters. The lowest BCUT2D eigenvalue weighted by atomic mass is 10.0. The van der Waals surface area contributed by atoms with Gasteiger partial charge in [0.05, 0.1) is 11.4 Å². The third kappa shape index (κ3) is 2.43. The van der Waals surface area contributed by atoms with E-state index in [1.54, 1.807) is 0 Å². The summed E-state index contributed by atoms with van der Waals surface area (Å²) in [6.07, 6.45) is 0.728. The Morgan fingerprint density at radius 3 is 2.50 bits per heavy atom. The van der Waals surface area contributed by atoms with E-state index in [4.69, 9.17) is 0 Å². The second-order valence-electron chi connectivity index (χ2n) is 5.26. The van der Waals surface area contributed by atoms with Gasteiger partial charge in [0.2, 0.25) is 0 Å². The van der Waals surface area contributed by atoms with Crippen LogP contribution in [0.4, 0.5) is 20.2 Å². The van der Waals surface area contributed by atoms with Crippen LogP contribution in [0, 0.1) is 11.6 Å². The molecule has 0 fully saturated rings. The molecule has 3 rings (SSSR count). The lowest BCUT2D eigenvalue weighted by Crippen LogP contribution is -2.42. The lowest BCUT2D eigenvalue weighted by molar-refractivity contribution is -0.119.